The quantitative estimate of drug-likeness (QED) is 0.728. The van der Waals surface area contributed by atoms with Gasteiger partial charge in [-0.15, -0.1) is 0 Å². The third-order valence-electron chi connectivity index (χ3n) is 7.76. The van der Waals surface area contributed by atoms with Gasteiger partial charge in [-0.25, -0.2) is 9.18 Å². The number of aryl methyl sites for hydroxylation is 1. The monoisotopic (exact) mass is 465 g/mol. The summed E-state index contributed by atoms with van der Waals surface area (Å²) < 4.78 is 13.7. The van der Waals surface area contributed by atoms with Crippen molar-refractivity contribution < 1.29 is 14.0 Å². The summed E-state index contributed by atoms with van der Waals surface area (Å²) in [4.78, 5) is 31.4. The zero-order valence-corrected chi connectivity index (χ0v) is 19.8. The third-order valence-corrected chi connectivity index (χ3v) is 7.76. The maximum absolute atomic E-state index is 13.8. The number of hydrogen-bond acceptors (Lipinski definition) is 4. The minimum absolute atomic E-state index is 0.0306. The average Bonchev–Trinajstić information content (AvgIpc) is 3.45. The van der Waals surface area contributed by atoms with Gasteiger partial charge in [0.2, 0.25) is 5.91 Å². The average molecular weight is 466 g/mol. The van der Waals surface area contributed by atoms with Gasteiger partial charge in [0, 0.05) is 51.3 Å². The minimum Gasteiger partial charge on any atom is -0.343 e. The lowest BCUT2D eigenvalue weighted by molar-refractivity contribution is -0.131. The van der Waals surface area contributed by atoms with Crippen LogP contribution in [0.15, 0.2) is 42.5 Å². The number of carbonyl (C=O) groups is 2. The van der Waals surface area contributed by atoms with Crippen LogP contribution in [0.2, 0.25) is 0 Å². The van der Waals surface area contributed by atoms with Gasteiger partial charge in [-0.3, -0.25) is 20.5 Å². The minimum atomic E-state index is -0.359. The lowest BCUT2D eigenvalue weighted by Gasteiger charge is -2.43. The molecular weight excluding hydrogens is 433 g/mol. The third kappa shape index (κ3) is 4.16. The van der Waals surface area contributed by atoms with E-state index in [4.69, 9.17) is 0 Å². The number of halogens is 1. The van der Waals surface area contributed by atoms with Crippen LogP contribution in [0.1, 0.15) is 42.4 Å². The van der Waals surface area contributed by atoms with E-state index in [9.17, 15) is 14.0 Å². The Labute approximate surface area is 199 Å². The van der Waals surface area contributed by atoms with Crippen LogP contribution in [0.5, 0.6) is 0 Å². The van der Waals surface area contributed by atoms with E-state index in [-0.39, 0.29) is 23.3 Å². The van der Waals surface area contributed by atoms with E-state index in [1.807, 2.05) is 33.8 Å². The number of rotatable bonds is 4. The van der Waals surface area contributed by atoms with Crippen molar-refractivity contribution in [1.82, 2.24) is 20.7 Å². The van der Waals surface area contributed by atoms with Crippen LogP contribution in [-0.2, 0) is 11.3 Å². The van der Waals surface area contributed by atoms with Crippen molar-refractivity contribution in [3.05, 3.63) is 65.0 Å². The fourth-order valence-corrected chi connectivity index (χ4v) is 5.53. The number of hydrogen-bond donors (Lipinski definition) is 2. The Morgan fingerprint density at radius 2 is 1.76 bits per heavy atom. The summed E-state index contributed by atoms with van der Waals surface area (Å²) in [5, 5.41) is 0. The molecule has 2 N–H and O–H groups in total. The molecule has 3 amide bonds. The number of hydrazine groups is 1. The predicted molar refractivity (Wildman–Crippen MR) is 129 cm³/mol. The number of anilines is 1. The molecule has 0 atom stereocenters. The molecule has 3 aliphatic heterocycles. The smallest absolute Gasteiger partial charge is 0.325 e. The zero-order chi connectivity index (χ0) is 23.9. The second-order valence-electron chi connectivity index (χ2n) is 9.81. The fourth-order valence-electron chi connectivity index (χ4n) is 5.53. The molecule has 1 spiro atoms. The highest BCUT2D eigenvalue weighted by Crippen LogP contribution is 2.40. The van der Waals surface area contributed by atoms with Crippen molar-refractivity contribution in [3.8, 4) is 0 Å². The van der Waals surface area contributed by atoms with Crippen molar-refractivity contribution in [1.29, 1.82) is 0 Å². The van der Waals surface area contributed by atoms with Gasteiger partial charge < -0.3 is 9.80 Å². The van der Waals surface area contributed by atoms with Gasteiger partial charge in [0.1, 0.15) is 5.82 Å². The molecule has 0 unspecified atom stereocenters. The maximum atomic E-state index is 13.8. The molecule has 0 bridgehead atoms. The summed E-state index contributed by atoms with van der Waals surface area (Å²) >= 11 is 0. The largest absolute Gasteiger partial charge is 0.343 e. The Bertz CT molecular complexity index is 1080. The fraction of sp³-hybridized carbons (Fsp3) is 0.462. The first kappa shape index (κ1) is 22.8. The predicted octanol–water partition coefficient (Wildman–Crippen LogP) is 3.15. The summed E-state index contributed by atoms with van der Waals surface area (Å²) in [6.45, 7) is 7.55. The van der Waals surface area contributed by atoms with Crippen LogP contribution in [-0.4, -0.2) is 60.0 Å². The molecule has 5 rings (SSSR count). The second-order valence-corrected chi connectivity index (χ2v) is 9.81. The van der Waals surface area contributed by atoms with Gasteiger partial charge in [0.25, 0.3) is 0 Å². The molecule has 0 saturated carbocycles. The van der Waals surface area contributed by atoms with E-state index in [0.29, 0.717) is 32.1 Å². The summed E-state index contributed by atoms with van der Waals surface area (Å²) in [5.74, 6) is 0.222. The number of nitrogens with one attached hydrogen (secondary N) is 2. The molecule has 2 aromatic rings. The molecule has 3 heterocycles. The SMILES string of the molecule is CC(=O)N1CCC2(CC1)CN(c1ccc(C3CNNC3)cc1)C(=O)N2Cc1ccc(F)cc1C. The van der Waals surface area contributed by atoms with Gasteiger partial charge in [-0.1, -0.05) is 18.2 Å². The summed E-state index contributed by atoms with van der Waals surface area (Å²) in [6.07, 6.45) is 1.46. The van der Waals surface area contributed by atoms with Gasteiger partial charge >= 0.3 is 6.03 Å². The van der Waals surface area contributed by atoms with Gasteiger partial charge in [-0.2, -0.15) is 0 Å². The number of carbonyl (C=O) groups excluding carboxylic acids is 2. The Balaban J connectivity index is 1.43. The number of nitrogens with zero attached hydrogens (tertiary/aromatic N) is 3. The molecule has 3 aliphatic rings. The van der Waals surface area contributed by atoms with E-state index in [1.54, 1.807) is 13.0 Å². The Hall–Kier alpha value is -2.97. The van der Waals surface area contributed by atoms with Crippen molar-refractivity contribution in [2.75, 3.05) is 37.6 Å². The summed E-state index contributed by atoms with van der Waals surface area (Å²) in [7, 11) is 0. The van der Waals surface area contributed by atoms with Gasteiger partial charge in [0.15, 0.2) is 0 Å². The number of piperidine rings is 1. The first-order chi connectivity index (χ1) is 16.4. The maximum Gasteiger partial charge on any atom is 0.325 e. The molecule has 7 nitrogen and oxygen atoms in total. The molecule has 3 fully saturated rings. The van der Waals surface area contributed by atoms with E-state index < -0.39 is 0 Å². The summed E-state index contributed by atoms with van der Waals surface area (Å²) in [6, 6.07) is 13.0. The Morgan fingerprint density at radius 3 is 2.38 bits per heavy atom. The van der Waals surface area contributed by atoms with E-state index in [0.717, 1.165) is 42.7 Å². The van der Waals surface area contributed by atoms with Crippen LogP contribution < -0.4 is 15.8 Å². The van der Waals surface area contributed by atoms with Crippen molar-refractivity contribution in [2.45, 2.75) is 44.7 Å². The number of benzene rings is 2. The van der Waals surface area contributed by atoms with Crippen LogP contribution in [0.25, 0.3) is 0 Å². The molecule has 0 aliphatic carbocycles. The van der Waals surface area contributed by atoms with E-state index in [1.165, 1.54) is 17.7 Å². The Kier molecular flexibility index (Phi) is 6.04. The zero-order valence-electron chi connectivity index (χ0n) is 19.8. The van der Waals surface area contributed by atoms with E-state index >= 15 is 0 Å². The topological polar surface area (TPSA) is 67.9 Å². The molecule has 3 saturated heterocycles. The molecule has 180 valence electrons. The van der Waals surface area contributed by atoms with Crippen LogP contribution in [0.3, 0.4) is 0 Å². The second kappa shape index (κ2) is 9.00. The van der Waals surface area contributed by atoms with Gasteiger partial charge in [0.05, 0.1) is 12.1 Å². The van der Waals surface area contributed by atoms with Gasteiger partial charge in [-0.05, 0) is 60.7 Å². The molecule has 8 heteroatoms. The number of likely N-dealkylation sites (tertiary alicyclic amines) is 1. The molecule has 2 aromatic carbocycles. The number of amides is 3. The van der Waals surface area contributed by atoms with Crippen molar-refractivity contribution in [3.63, 3.8) is 0 Å². The normalized spacial score (nSPS) is 20.6. The van der Waals surface area contributed by atoms with Crippen molar-refractivity contribution >= 4 is 17.6 Å². The van der Waals surface area contributed by atoms with E-state index in [2.05, 4.69) is 23.0 Å². The standard InChI is InChI=1S/C26H32FN5O2/c1-18-13-23(27)6-3-21(18)16-32-25(34)31(17-26(32)9-11-30(12-10-26)19(2)33)24-7-4-20(5-8-24)22-14-28-29-15-22/h3-8,13,22,28-29H,9-12,14-17H2,1-2H3. The first-order valence-corrected chi connectivity index (χ1v) is 12.0. The Morgan fingerprint density at radius 1 is 1.09 bits per heavy atom. The molecule has 34 heavy (non-hydrogen) atoms. The lowest BCUT2D eigenvalue weighted by Crippen LogP contribution is -2.54. The highest BCUT2D eigenvalue weighted by molar-refractivity contribution is 5.95. The molecule has 0 radical (unpaired) electrons. The van der Waals surface area contributed by atoms with Crippen LogP contribution >= 0.6 is 0 Å². The van der Waals surface area contributed by atoms with Crippen LogP contribution in [0.4, 0.5) is 14.9 Å². The number of urea groups is 1. The van der Waals surface area contributed by atoms with Crippen molar-refractivity contribution in [2.24, 2.45) is 0 Å². The molecular formula is C26H32FN5O2. The first-order valence-electron chi connectivity index (χ1n) is 12.0. The summed E-state index contributed by atoms with van der Waals surface area (Å²) in [5.41, 5.74) is 9.88. The highest BCUT2D eigenvalue weighted by atomic mass is 19.1. The van der Waals surface area contributed by atoms with Crippen LogP contribution in [0, 0.1) is 12.7 Å². The lowest BCUT2D eigenvalue weighted by atomic mass is 9.86. The molecule has 0 aromatic heterocycles. The highest BCUT2D eigenvalue weighted by Gasteiger charge is 2.51.